The molecule has 160 valence electrons. The summed E-state index contributed by atoms with van der Waals surface area (Å²) in [6.07, 6.45) is 15.4. The first-order valence-corrected chi connectivity index (χ1v) is 11.7. The van der Waals surface area contributed by atoms with Crippen LogP contribution in [0.25, 0.3) is 0 Å². The number of esters is 2. The number of carbonyl (C=O) groups excluding carboxylic acids is 2. The van der Waals surface area contributed by atoms with Gasteiger partial charge in [-0.05, 0) is 68.1 Å². The average Bonchev–Trinajstić information content (AvgIpc) is 3.25. The summed E-state index contributed by atoms with van der Waals surface area (Å²) in [6.45, 7) is 6.07. The molecule has 8 atom stereocenters. The van der Waals surface area contributed by atoms with Gasteiger partial charge in [-0.1, -0.05) is 26.7 Å². The van der Waals surface area contributed by atoms with Crippen LogP contribution in [-0.2, 0) is 19.1 Å². The Morgan fingerprint density at radius 2 is 1.72 bits per heavy atom. The summed E-state index contributed by atoms with van der Waals surface area (Å²) >= 11 is 0. The second kappa shape index (κ2) is 7.64. The molecule has 4 heteroatoms. The molecule has 0 radical (unpaired) electrons. The van der Waals surface area contributed by atoms with Crippen LogP contribution in [0.1, 0.15) is 85.0 Å². The Bertz CT molecular complexity index is 708. The van der Waals surface area contributed by atoms with Crippen molar-refractivity contribution in [3.8, 4) is 12.3 Å². The summed E-state index contributed by atoms with van der Waals surface area (Å²) in [5, 5.41) is 0. The summed E-state index contributed by atoms with van der Waals surface area (Å²) in [4.78, 5) is 24.0. The van der Waals surface area contributed by atoms with Gasteiger partial charge in [-0.3, -0.25) is 9.59 Å². The van der Waals surface area contributed by atoms with Gasteiger partial charge in [0.15, 0.2) is 5.60 Å². The van der Waals surface area contributed by atoms with Crippen LogP contribution in [0.2, 0.25) is 0 Å². The van der Waals surface area contributed by atoms with Crippen LogP contribution < -0.4 is 0 Å². The smallest absolute Gasteiger partial charge is 0.307 e. The number of hydrogen-bond acceptors (Lipinski definition) is 4. The van der Waals surface area contributed by atoms with Crippen LogP contribution in [0, 0.1) is 47.3 Å². The summed E-state index contributed by atoms with van der Waals surface area (Å²) in [7, 11) is 0. The molecule has 0 aromatic heterocycles. The van der Waals surface area contributed by atoms with Gasteiger partial charge in [0.2, 0.25) is 0 Å². The zero-order chi connectivity index (χ0) is 20.8. The summed E-state index contributed by atoms with van der Waals surface area (Å²) in [5.74, 6) is 5.79. The zero-order valence-electron chi connectivity index (χ0n) is 18.2. The predicted octanol–water partition coefficient (Wildman–Crippen LogP) is 4.90. The van der Waals surface area contributed by atoms with Gasteiger partial charge in [0.25, 0.3) is 0 Å². The van der Waals surface area contributed by atoms with Crippen molar-refractivity contribution in [1.29, 1.82) is 0 Å². The van der Waals surface area contributed by atoms with E-state index >= 15 is 0 Å². The maximum absolute atomic E-state index is 12.0. The first kappa shape index (κ1) is 20.8. The van der Waals surface area contributed by atoms with Gasteiger partial charge in [0, 0.05) is 31.1 Å². The van der Waals surface area contributed by atoms with Crippen molar-refractivity contribution >= 4 is 11.9 Å². The summed E-state index contributed by atoms with van der Waals surface area (Å²) < 4.78 is 11.7. The molecule has 4 aliphatic rings. The minimum atomic E-state index is -0.688. The Hall–Kier alpha value is -1.50. The van der Waals surface area contributed by atoms with Crippen LogP contribution in [0.5, 0.6) is 0 Å². The average molecular weight is 401 g/mol. The summed E-state index contributed by atoms with van der Waals surface area (Å²) in [5.41, 5.74) is -0.567. The van der Waals surface area contributed by atoms with Crippen molar-refractivity contribution in [2.24, 2.45) is 35.0 Å². The molecule has 0 N–H and O–H groups in total. The molecule has 0 aromatic rings. The van der Waals surface area contributed by atoms with E-state index in [2.05, 4.69) is 12.8 Å². The van der Waals surface area contributed by atoms with E-state index in [1.54, 1.807) is 0 Å². The molecule has 0 aromatic carbocycles. The molecule has 0 spiro atoms. The molecule has 0 amide bonds. The highest BCUT2D eigenvalue weighted by Crippen LogP contribution is 2.64. The molecule has 0 bridgehead atoms. The molecule has 6 unspecified atom stereocenters. The van der Waals surface area contributed by atoms with E-state index in [-0.39, 0.29) is 23.5 Å². The molecule has 29 heavy (non-hydrogen) atoms. The Kier molecular flexibility index (Phi) is 5.47. The molecule has 4 aliphatic carbocycles. The lowest BCUT2D eigenvalue weighted by atomic mass is 9.52. The van der Waals surface area contributed by atoms with Crippen LogP contribution in [0.15, 0.2) is 0 Å². The van der Waals surface area contributed by atoms with Gasteiger partial charge in [-0.25, -0.2) is 0 Å². The fraction of sp³-hybridized carbons (Fsp3) is 0.840. The standard InChI is InChI=1S/C25H36O4/c1-5-22(26)28-21-11-10-20-18-9-8-16-14-25(7-3,29-23(27)6-2)15-19(16)17(18)12-13-24(20,21)4/h3,16-21H,5-6,8-15H2,1-2,4H3/t16-,17?,18?,19?,20?,21?,24-,25?/m0/s1. The fourth-order valence-electron chi connectivity index (χ4n) is 7.60. The molecule has 4 nitrogen and oxygen atoms in total. The first-order chi connectivity index (χ1) is 13.9. The topological polar surface area (TPSA) is 52.6 Å². The van der Waals surface area contributed by atoms with E-state index in [4.69, 9.17) is 15.9 Å². The van der Waals surface area contributed by atoms with Crippen molar-refractivity contribution in [2.45, 2.75) is 96.7 Å². The van der Waals surface area contributed by atoms with E-state index in [0.29, 0.717) is 42.4 Å². The Balaban J connectivity index is 1.51. The van der Waals surface area contributed by atoms with Gasteiger partial charge in [0.05, 0.1) is 0 Å². The second-order valence-electron chi connectivity index (χ2n) is 10.3. The lowest BCUT2D eigenvalue weighted by Gasteiger charge is -2.53. The monoisotopic (exact) mass is 400 g/mol. The van der Waals surface area contributed by atoms with Crippen molar-refractivity contribution in [3.05, 3.63) is 0 Å². The third-order valence-corrected chi connectivity index (χ3v) is 9.01. The third-order valence-electron chi connectivity index (χ3n) is 9.01. The zero-order valence-corrected chi connectivity index (χ0v) is 18.2. The van der Waals surface area contributed by atoms with Crippen molar-refractivity contribution in [1.82, 2.24) is 0 Å². The van der Waals surface area contributed by atoms with Crippen LogP contribution in [0.3, 0.4) is 0 Å². The number of hydrogen-bond donors (Lipinski definition) is 0. The van der Waals surface area contributed by atoms with E-state index in [1.807, 2.05) is 13.8 Å². The molecule has 0 saturated heterocycles. The van der Waals surface area contributed by atoms with Crippen molar-refractivity contribution < 1.29 is 19.1 Å². The maximum atomic E-state index is 12.0. The molecule has 0 heterocycles. The van der Waals surface area contributed by atoms with Crippen LogP contribution in [0.4, 0.5) is 0 Å². The van der Waals surface area contributed by atoms with E-state index in [9.17, 15) is 9.59 Å². The van der Waals surface area contributed by atoms with Crippen LogP contribution >= 0.6 is 0 Å². The Labute approximate surface area is 175 Å². The second-order valence-corrected chi connectivity index (χ2v) is 10.3. The SMILES string of the molecule is C#CC1(OC(=O)CC)CC2C3CC[C@]4(C)C(OC(=O)CC)CCC4C3CC[C@H]2C1. The van der Waals surface area contributed by atoms with Gasteiger partial charge < -0.3 is 9.47 Å². The molecular weight excluding hydrogens is 364 g/mol. The Morgan fingerprint density at radius 3 is 2.41 bits per heavy atom. The van der Waals surface area contributed by atoms with Crippen molar-refractivity contribution in [3.63, 3.8) is 0 Å². The summed E-state index contributed by atoms with van der Waals surface area (Å²) in [6, 6.07) is 0. The van der Waals surface area contributed by atoms with E-state index in [1.165, 1.54) is 25.7 Å². The lowest BCUT2D eigenvalue weighted by molar-refractivity contribution is -0.159. The molecular formula is C25H36O4. The molecule has 4 fully saturated rings. The van der Waals surface area contributed by atoms with Crippen LogP contribution in [-0.4, -0.2) is 23.6 Å². The molecule has 4 rings (SSSR count). The number of rotatable bonds is 4. The Morgan fingerprint density at radius 1 is 0.966 bits per heavy atom. The van der Waals surface area contributed by atoms with Gasteiger partial charge >= 0.3 is 11.9 Å². The molecule has 4 saturated carbocycles. The van der Waals surface area contributed by atoms with E-state index < -0.39 is 5.60 Å². The number of carbonyl (C=O) groups is 2. The quantitative estimate of drug-likeness (QED) is 0.498. The van der Waals surface area contributed by atoms with Gasteiger partial charge in [-0.15, -0.1) is 6.42 Å². The first-order valence-electron chi connectivity index (χ1n) is 11.7. The fourth-order valence-corrected chi connectivity index (χ4v) is 7.60. The number of fused-ring (bicyclic) bond motifs is 5. The number of terminal acetylenes is 1. The maximum Gasteiger partial charge on any atom is 0.307 e. The highest BCUT2D eigenvalue weighted by molar-refractivity contribution is 5.70. The number of ether oxygens (including phenoxy) is 2. The third kappa shape index (κ3) is 3.39. The highest BCUT2D eigenvalue weighted by atomic mass is 16.6. The minimum Gasteiger partial charge on any atom is -0.462 e. The lowest BCUT2D eigenvalue weighted by Crippen LogP contribution is -2.48. The van der Waals surface area contributed by atoms with Gasteiger partial charge in [-0.2, -0.15) is 0 Å². The van der Waals surface area contributed by atoms with Crippen molar-refractivity contribution in [2.75, 3.05) is 0 Å². The van der Waals surface area contributed by atoms with E-state index in [0.717, 1.165) is 25.7 Å². The van der Waals surface area contributed by atoms with Gasteiger partial charge in [0.1, 0.15) is 6.10 Å². The minimum absolute atomic E-state index is 0.0601. The molecule has 0 aliphatic heterocycles. The predicted molar refractivity (Wildman–Crippen MR) is 111 cm³/mol. The highest BCUT2D eigenvalue weighted by Gasteiger charge is 2.60. The normalized spacial score (nSPS) is 45.4. The largest absolute Gasteiger partial charge is 0.462 e.